The zero-order chi connectivity index (χ0) is 13.3. The second kappa shape index (κ2) is 4.94. The SMILES string of the molecule is CC(C)(c1ccccc1)c1cc(Cl)cc(Br)c1N. The third kappa shape index (κ3) is 2.40. The molecule has 0 bridgehead atoms. The van der Waals surface area contributed by atoms with E-state index in [9.17, 15) is 0 Å². The van der Waals surface area contributed by atoms with E-state index in [2.05, 4.69) is 41.9 Å². The Morgan fingerprint density at radius 3 is 2.33 bits per heavy atom. The molecule has 3 heteroatoms. The van der Waals surface area contributed by atoms with E-state index < -0.39 is 0 Å². The van der Waals surface area contributed by atoms with Gasteiger partial charge < -0.3 is 5.73 Å². The van der Waals surface area contributed by atoms with Crippen LogP contribution in [0.2, 0.25) is 5.02 Å². The minimum Gasteiger partial charge on any atom is -0.398 e. The normalized spacial score (nSPS) is 11.6. The Morgan fingerprint density at radius 2 is 1.72 bits per heavy atom. The topological polar surface area (TPSA) is 26.0 Å². The highest BCUT2D eigenvalue weighted by molar-refractivity contribution is 9.10. The number of halogens is 2. The van der Waals surface area contributed by atoms with Crippen LogP contribution < -0.4 is 5.73 Å². The summed E-state index contributed by atoms with van der Waals surface area (Å²) in [6.07, 6.45) is 0. The van der Waals surface area contributed by atoms with E-state index in [4.69, 9.17) is 17.3 Å². The van der Waals surface area contributed by atoms with Gasteiger partial charge in [-0.1, -0.05) is 55.8 Å². The van der Waals surface area contributed by atoms with Crippen molar-refractivity contribution in [2.75, 3.05) is 5.73 Å². The molecule has 0 saturated carbocycles. The van der Waals surface area contributed by atoms with Gasteiger partial charge in [-0.3, -0.25) is 0 Å². The van der Waals surface area contributed by atoms with E-state index in [0.29, 0.717) is 5.02 Å². The van der Waals surface area contributed by atoms with E-state index in [1.165, 1.54) is 5.56 Å². The number of hydrogen-bond donors (Lipinski definition) is 1. The molecule has 0 aliphatic carbocycles. The van der Waals surface area contributed by atoms with E-state index >= 15 is 0 Å². The second-order valence-electron chi connectivity index (χ2n) is 4.84. The first kappa shape index (κ1) is 13.4. The fourth-order valence-electron chi connectivity index (χ4n) is 2.11. The van der Waals surface area contributed by atoms with Crippen LogP contribution in [0.25, 0.3) is 0 Å². The average Bonchev–Trinajstić information content (AvgIpc) is 2.34. The Labute approximate surface area is 121 Å². The lowest BCUT2D eigenvalue weighted by atomic mass is 9.77. The van der Waals surface area contributed by atoms with Crippen LogP contribution in [0.15, 0.2) is 46.9 Å². The van der Waals surface area contributed by atoms with Crippen molar-refractivity contribution >= 4 is 33.2 Å². The summed E-state index contributed by atoms with van der Waals surface area (Å²) < 4.78 is 0.842. The third-order valence-electron chi connectivity index (χ3n) is 3.26. The van der Waals surface area contributed by atoms with Crippen molar-refractivity contribution in [3.63, 3.8) is 0 Å². The molecule has 0 atom stereocenters. The highest BCUT2D eigenvalue weighted by Crippen LogP contribution is 2.39. The standard InChI is InChI=1S/C15H15BrClN/c1-15(2,10-6-4-3-5-7-10)12-8-11(17)9-13(16)14(12)18/h3-9H,18H2,1-2H3. The van der Waals surface area contributed by atoms with Crippen LogP contribution in [0, 0.1) is 0 Å². The van der Waals surface area contributed by atoms with E-state index in [1.807, 2.05) is 30.3 Å². The van der Waals surface area contributed by atoms with Crippen molar-refractivity contribution in [3.05, 3.63) is 63.1 Å². The Hall–Kier alpha value is -0.990. The highest BCUT2D eigenvalue weighted by Gasteiger charge is 2.26. The fraction of sp³-hybridized carbons (Fsp3) is 0.200. The van der Waals surface area contributed by atoms with E-state index in [-0.39, 0.29) is 5.41 Å². The molecule has 0 heterocycles. The average molecular weight is 325 g/mol. The summed E-state index contributed by atoms with van der Waals surface area (Å²) >= 11 is 9.58. The first-order valence-corrected chi connectivity index (χ1v) is 6.90. The third-order valence-corrected chi connectivity index (χ3v) is 4.14. The second-order valence-corrected chi connectivity index (χ2v) is 6.13. The van der Waals surface area contributed by atoms with Gasteiger partial charge in [-0.25, -0.2) is 0 Å². The predicted molar refractivity (Wildman–Crippen MR) is 82.1 cm³/mol. The summed E-state index contributed by atoms with van der Waals surface area (Å²) in [5.74, 6) is 0. The van der Waals surface area contributed by atoms with Gasteiger partial charge >= 0.3 is 0 Å². The molecule has 2 aromatic carbocycles. The molecule has 0 radical (unpaired) electrons. The molecule has 0 aliphatic rings. The van der Waals surface area contributed by atoms with Gasteiger partial charge in [0.1, 0.15) is 0 Å². The smallest absolute Gasteiger partial charge is 0.0501 e. The zero-order valence-corrected chi connectivity index (χ0v) is 12.7. The summed E-state index contributed by atoms with van der Waals surface area (Å²) in [6.45, 7) is 4.30. The molecular formula is C15H15BrClN. The first-order valence-electron chi connectivity index (χ1n) is 5.73. The molecule has 0 fully saturated rings. The molecule has 0 saturated heterocycles. The molecule has 0 amide bonds. The van der Waals surface area contributed by atoms with Crippen molar-refractivity contribution in [1.29, 1.82) is 0 Å². The minimum atomic E-state index is -0.182. The molecule has 2 N–H and O–H groups in total. The molecule has 94 valence electrons. The first-order chi connectivity index (χ1) is 8.43. The monoisotopic (exact) mass is 323 g/mol. The number of anilines is 1. The quantitative estimate of drug-likeness (QED) is 0.772. The van der Waals surface area contributed by atoms with Crippen LogP contribution in [0.1, 0.15) is 25.0 Å². The van der Waals surface area contributed by atoms with Gasteiger partial charge in [-0.2, -0.15) is 0 Å². The van der Waals surface area contributed by atoms with Gasteiger partial charge in [-0.05, 0) is 39.2 Å². The van der Waals surface area contributed by atoms with Crippen LogP contribution in [0.5, 0.6) is 0 Å². The van der Waals surface area contributed by atoms with Crippen LogP contribution in [-0.2, 0) is 5.41 Å². The lowest BCUT2D eigenvalue weighted by Gasteiger charge is -2.28. The lowest BCUT2D eigenvalue weighted by molar-refractivity contribution is 0.643. The van der Waals surface area contributed by atoms with E-state index in [1.54, 1.807) is 0 Å². The molecule has 18 heavy (non-hydrogen) atoms. The number of nitrogen functional groups attached to an aromatic ring is 1. The van der Waals surface area contributed by atoms with Crippen LogP contribution in [0.4, 0.5) is 5.69 Å². The molecule has 2 aromatic rings. The Kier molecular flexibility index (Phi) is 3.69. The maximum Gasteiger partial charge on any atom is 0.0501 e. The largest absolute Gasteiger partial charge is 0.398 e. The molecular weight excluding hydrogens is 310 g/mol. The maximum atomic E-state index is 6.17. The van der Waals surface area contributed by atoms with Gasteiger partial charge in [0.25, 0.3) is 0 Å². The highest BCUT2D eigenvalue weighted by atomic mass is 79.9. The van der Waals surface area contributed by atoms with Crippen LogP contribution in [-0.4, -0.2) is 0 Å². The number of benzene rings is 2. The summed E-state index contributed by atoms with van der Waals surface area (Å²) in [4.78, 5) is 0. The van der Waals surface area contributed by atoms with Crippen LogP contribution >= 0.6 is 27.5 Å². The van der Waals surface area contributed by atoms with Crippen LogP contribution in [0.3, 0.4) is 0 Å². The lowest BCUT2D eigenvalue weighted by Crippen LogP contribution is -2.20. The summed E-state index contributed by atoms with van der Waals surface area (Å²) in [5.41, 5.74) is 8.98. The molecule has 0 unspecified atom stereocenters. The maximum absolute atomic E-state index is 6.17. The summed E-state index contributed by atoms with van der Waals surface area (Å²) in [7, 11) is 0. The summed E-state index contributed by atoms with van der Waals surface area (Å²) in [5, 5.41) is 0.690. The molecule has 0 spiro atoms. The Balaban J connectivity index is 2.61. The van der Waals surface area contributed by atoms with Crippen molar-refractivity contribution in [2.45, 2.75) is 19.3 Å². The zero-order valence-electron chi connectivity index (χ0n) is 10.4. The molecule has 0 aliphatic heterocycles. The van der Waals surface area contributed by atoms with Gasteiger partial charge in [-0.15, -0.1) is 0 Å². The molecule has 2 rings (SSSR count). The van der Waals surface area contributed by atoms with Gasteiger partial charge in [0, 0.05) is 14.9 Å². The molecule has 1 nitrogen and oxygen atoms in total. The van der Waals surface area contributed by atoms with Crippen molar-refractivity contribution in [3.8, 4) is 0 Å². The molecule has 0 aromatic heterocycles. The minimum absolute atomic E-state index is 0.182. The van der Waals surface area contributed by atoms with Crippen molar-refractivity contribution < 1.29 is 0 Å². The fourth-order valence-corrected chi connectivity index (χ4v) is 2.92. The number of rotatable bonds is 2. The van der Waals surface area contributed by atoms with E-state index in [0.717, 1.165) is 15.7 Å². The number of nitrogens with two attached hydrogens (primary N) is 1. The van der Waals surface area contributed by atoms with Gasteiger partial charge in [0.2, 0.25) is 0 Å². The number of hydrogen-bond acceptors (Lipinski definition) is 1. The van der Waals surface area contributed by atoms with Crippen molar-refractivity contribution in [2.24, 2.45) is 0 Å². The van der Waals surface area contributed by atoms with Crippen molar-refractivity contribution in [1.82, 2.24) is 0 Å². The predicted octanol–water partition coefficient (Wildman–Crippen LogP) is 5.01. The Morgan fingerprint density at radius 1 is 1.11 bits per heavy atom. The van der Waals surface area contributed by atoms with Gasteiger partial charge in [0.05, 0.1) is 5.69 Å². The van der Waals surface area contributed by atoms with Gasteiger partial charge in [0.15, 0.2) is 0 Å². The Bertz CT molecular complexity index is 564. The summed E-state index contributed by atoms with van der Waals surface area (Å²) in [6, 6.07) is 14.1.